The minimum Gasteiger partial charge on any atom is -0.499 e. The van der Waals surface area contributed by atoms with Gasteiger partial charge in [0.05, 0.1) is 13.6 Å². The average molecular weight is 328 g/mol. The molecule has 0 radical (unpaired) electrons. The monoisotopic (exact) mass is 328 g/mol. The van der Waals surface area contributed by atoms with Gasteiger partial charge < -0.3 is 14.7 Å². The Labute approximate surface area is 138 Å². The molecule has 3 rings (SSSR count). The van der Waals surface area contributed by atoms with Crippen molar-refractivity contribution in [3.05, 3.63) is 17.5 Å². The Bertz CT molecular complexity index is 416. The van der Waals surface area contributed by atoms with Crippen LogP contribution >= 0.6 is 11.3 Å². The number of nitrogens with one attached hydrogen (secondary N) is 1. The van der Waals surface area contributed by atoms with Crippen LogP contribution in [0, 0.1) is 5.92 Å². The first kappa shape index (κ1) is 19.0. The number of hydrogen-bond acceptors (Lipinski definition) is 4. The maximum Gasteiger partial charge on any atom is 0.306 e. The molecule has 2 heterocycles. The number of esters is 1. The highest BCUT2D eigenvalue weighted by Gasteiger charge is 2.27. The van der Waals surface area contributed by atoms with Crippen molar-refractivity contribution in [2.75, 3.05) is 20.1 Å². The van der Waals surface area contributed by atoms with E-state index in [4.69, 9.17) is 9.84 Å². The number of likely N-dealkylation sites (N-methyl/N-ethyl adjacent to an activating group) is 1. The molecule has 2 aliphatic rings. The zero-order valence-electron chi connectivity index (χ0n) is 12.7. The quantitative estimate of drug-likeness (QED) is 0.838. The molecule has 1 saturated carbocycles. The number of aromatic hydroxyl groups is 1. The van der Waals surface area contributed by atoms with E-state index in [-0.39, 0.29) is 19.5 Å². The Morgan fingerprint density at radius 3 is 2.59 bits per heavy atom. The summed E-state index contributed by atoms with van der Waals surface area (Å²) in [6, 6.07) is 3.46. The molecular formula is C17H30NO3S+. The Balaban J connectivity index is 0.000000293. The van der Waals surface area contributed by atoms with Gasteiger partial charge in [-0.25, -0.2) is 0 Å². The number of carbonyl (C=O) groups is 1. The van der Waals surface area contributed by atoms with Gasteiger partial charge in [0.25, 0.3) is 0 Å². The van der Waals surface area contributed by atoms with Crippen LogP contribution in [0.5, 0.6) is 5.06 Å². The maximum atomic E-state index is 11.6. The van der Waals surface area contributed by atoms with Gasteiger partial charge in [0, 0.05) is 12.8 Å². The molecule has 0 aromatic carbocycles. The fraction of sp³-hybridized carbons (Fsp3) is 0.706. The van der Waals surface area contributed by atoms with E-state index in [0.717, 1.165) is 19.5 Å². The van der Waals surface area contributed by atoms with Crippen molar-refractivity contribution in [2.24, 2.45) is 5.92 Å². The Morgan fingerprint density at radius 1 is 1.41 bits per heavy atom. The average Bonchev–Trinajstić information content (AvgIpc) is 3.15. The standard InChI is InChI=1S/C12H21NO2.C4H4OS.CH4/c1-13-7-6-11(9-13)15-12(14)8-10-4-2-3-5-10;5-4-2-1-3-6-4;/h10-11H,2-9H2,1H3;1-3,5H;1H4/p+1. The summed E-state index contributed by atoms with van der Waals surface area (Å²) in [4.78, 5) is 13.1. The summed E-state index contributed by atoms with van der Waals surface area (Å²) in [7, 11) is 2.16. The zero-order chi connectivity index (χ0) is 15.1. The van der Waals surface area contributed by atoms with E-state index in [2.05, 4.69) is 7.05 Å². The highest BCUT2D eigenvalue weighted by Crippen LogP contribution is 2.27. The molecule has 1 aromatic heterocycles. The number of ether oxygens (including phenoxy) is 1. The van der Waals surface area contributed by atoms with Gasteiger partial charge in [0.1, 0.15) is 6.54 Å². The van der Waals surface area contributed by atoms with E-state index < -0.39 is 0 Å². The van der Waals surface area contributed by atoms with Crippen molar-refractivity contribution < 1.29 is 19.5 Å². The second kappa shape index (κ2) is 9.85. The summed E-state index contributed by atoms with van der Waals surface area (Å²) in [6.45, 7) is 2.14. The first-order valence-corrected chi connectivity index (χ1v) is 8.74. The van der Waals surface area contributed by atoms with Crippen LogP contribution in [0.1, 0.15) is 46.0 Å². The third kappa shape index (κ3) is 6.79. The Morgan fingerprint density at radius 2 is 2.14 bits per heavy atom. The van der Waals surface area contributed by atoms with Gasteiger partial charge in [-0.05, 0) is 36.3 Å². The summed E-state index contributed by atoms with van der Waals surface area (Å²) in [5, 5.41) is 10.7. The summed E-state index contributed by atoms with van der Waals surface area (Å²) in [6.07, 6.45) is 6.95. The second-order valence-corrected chi connectivity index (χ2v) is 7.04. The van der Waals surface area contributed by atoms with Crippen molar-refractivity contribution in [1.82, 2.24) is 0 Å². The lowest BCUT2D eigenvalue weighted by molar-refractivity contribution is -0.867. The van der Waals surface area contributed by atoms with Crippen molar-refractivity contribution in [1.29, 1.82) is 0 Å². The Kier molecular flexibility index (Phi) is 8.49. The van der Waals surface area contributed by atoms with Crippen molar-refractivity contribution in [3.8, 4) is 5.06 Å². The van der Waals surface area contributed by atoms with E-state index in [1.807, 2.05) is 5.38 Å². The minimum absolute atomic E-state index is 0. The van der Waals surface area contributed by atoms with Crippen LogP contribution in [-0.2, 0) is 9.53 Å². The fourth-order valence-electron chi connectivity index (χ4n) is 3.05. The molecule has 2 unspecified atom stereocenters. The summed E-state index contributed by atoms with van der Waals surface area (Å²) in [5.74, 6) is 0.658. The number of likely N-dealkylation sites (tertiary alicyclic amines) is 1. The van der Waals surface area contributed by atoms with Crippen LogP contribution in [0.15, 0.2) is 17.5 Å². The molecule has 5 heteroatoms. The van der Waals surface area contributed by atoms with E-state index in [1.54, 1.807) is 12.1 Å². The number of carbonyl (C=O) groups excluding carboxylic acids is 1. The molecule has 126 valence electrons. The van der Waals surface area contributed by atoms with Crippen LogP contribution in [0.2, 0.25) is 0 Å². The zero-order valence-corrected chi connectivity index (χ0v) is 13.5. The molecule has 1 aliphatic heterocycles. The van der Waals surface area contributed by atoms with Gasteiger partial charge in [-0.3, -0.25) is 4.79 Å². The molecule has 1 aromatic rings. The highest BCUT2D eigenvalue weighted by atomic mass is 32.1. The second-order valence-electron chi connectivity index (χ2n) is 6.12. The van der Waals surface area contributed by atoms with Crippen molar-refractivity contribution in [3.63, 3.8) is 0 Å². The van der Waals surface area contributed by atoms with Gasteiger partial charge in [-0.2, -0.15) is 0 Å². The van der Waals surface area contributed by atoms with Gasteiger partial charge in [0.15, 0.2) is 11.2 Å². The molecule has 2 fully saturated rings. The molecule has 2 atom stereocenters. The lowest BCUT2D eigenvalue weighted by Gasteiger charge is -2.12. The first-order valence-electron chi connectivity index (χ1n) is 7.86. The van der Waals surface area contributed by atoms with Crippen LogP contribution in [0.3, 0.4) is 0 Å². The lowest BCUT2D eigenvalue weighted by atomic mass is 10.0. The number of thiophene rings is 1. The predicted octanol–water partition coefficient (Wildman–Crippen LogP) is 2.49. The van der Waals surface area contributed by atoms with Gasteiger partial charge in [0.2, 0.25) is 0 Å². The number of hydrogen-bond donors (Lipinski definition) is 2. The molecule has 4 nitrogen and oxygen atoms in total. The number of rotatable bonds is 3. The van der Waals surface area contributed by atoms with Crippen LogP contribution in [0.4, 0.5) is 0 Å². The van der Waals surface area contributed by atoms with Crippen LogP contribution < -0.4 is 4.90 Å². The SMILES string of the molecule is C.C[NH+]1CCC(OC(=O)CC2CCCC2)C1.Oc1cccs1. The van der Waals surface area contributed by atoms with Gasteiger partial charge in [-0.1, -0.05) is 20.3 Å². The maximum absolute atomic E-state index is 11.6. The molecule has 1 saturated heterocycles. The van der Waals surface area contributed by atoms with Crippen molar-refractivity contribution >= 4 is 17.3 Å². The first-order chi connectivity index (χ1) is 10.1. The highest BCUT2D eigenvalue weighted by molar-refractivity contribution is 7.11. The topological polar surface area (TPSA) is 51.0 Å². The summed E-state index contributed by atoms with van der Waals surface area (Å²) < 4.78 is 5.48. The third-order valence-corrected chi connectivity index (χ3v) is 4.87. The largest absolute Gasteiger partial charge is 0.499 e. The van der Waals surface area contributed by atoms with Gasteiger partial charge in [-0.15, -0.1) is 11.3 Å². The third-order valence-electron chi connectivity index (χ3n) is 4.20. The molecule has 1 aliphatic carbocycles. The molecule has 22 heavy (non-hydrogen) atoms. The molecule has 2 N–H and O–H groups in total. The Hall–Kier alpha value is -1.07. The summed E-state index contributed by atoms with van der Waals surface area (Å²) in [5.41, 5.74) is 0. The van der Waals surface area contributed by atoms with E-state index in [0.29, 0.717) is 17.4 Å². The molecule has 0 spiro atoms. The van der Waals surface area contributed by atoms with E-state index in [1.165, 1.54) is 41.9 Å². The van der Waals surface area contributed by atoms with Crippen LogP contribution in [-0.4, -0.2) is 37.3 Å². The summed E-state index contributed by atoms with van der Waals surface area (Å²) >= 11 is 1.33. The molecular weight excluding hydrogens is 298 g/mol. The smallest absolute Gasteiger partial charge is 0.306 e. The lowest BCUT2D eigenvalue weighted by Crippen LogP contribution is -3.07. The van der Waals surface area contributed by atoms with Crippen molar-refractivity contribution in [2.45, 2.75) is 52.1 Å². The molecule has 0 bridgehead atoms. The fourth-order valence-corrected chi connectivity index (χ4v) is 3.51. The van der Waals surface area contributed by atoms with E-state index >= 15 is 0 Å². The number of quaternary nitrogens is 1. The molecule has 0 amide bonds. The minimum atomic E-state index is 0. The predicted molar refractivity (Wildman–Crippen MR) is 90.4 cm³/mol. The van der Waals surface area contributed by atoms with E-state index in [9.17, 15) is 4.79 Å². The van der Waals surface area contributed by atoms with Crippen LogP contribution in [0.25, 0.3) is 0 Å². The normalized spacial score (nSPS) is 24.2. The van der Waals surface area contributed by atoms with Gasteiger partial charge >= 0.3 is 5.97 Å².